The molecule has 0 fully saturated rings. The molecule has 0 unspecified atom stereocenters. The first-order valence-corrected chi connectivity index (χ1v) is 4.98. The molecule has 0 atom stereocenters. The number of ketones is 1. The van der Waals surface area contributed by atoms with E-state index in [1.54, 1.807) is 0 Å². The zero-order valence-corrected chi connectivity index (χ0v) is 8.19. The minimum Gasteiger partial charge on any atom is -0.369 e. The molecule has 0 aromatic heterocycles. The molecular formula is C13H10O2. The van der Waals surface area contributed by atoms with Crippen LogP contribution in [0, 0.1) is 0 Å². The van der Waals surface area contributed by atoms with Crippen LogP contribution in [0.4, 0.5) is 0 Å². The van der Waals surface area contributed by atoms with E-state index in [2.05, 4.69) is 0 Å². The van der Waals surface area contributed by atoms with Gasteiger partial charge in [-0.3, -0.25) is 4.79 Å². The predicted molar refractivity (Wildman–Crippen MR) is 57.9 cm³/mol. The maximum absolute atomic E-state index is 11.8. The molecule has 0 spiro atoms. The Kier molecular flexibility index (Phi) is 1.82. The molecule has 1 aliphatic heterocycles. The molecular weight excluding hydrogens is 188 g/mol. The van der Waals surface area contributed by atoms with Gasteiger partial charge in [0.05, 0.1) is 6.61 Å². The molecule has 0 saturated carbocycles. The molecule has 1 aliphatic rings. The Morgan fingerprint density at radius 1 is 1.00 bits per heavy atom. The molecule has 2 aromatic carbocycles. The number of Topliss-reactive ketones (excluding diaryl/α,β-unsaturated/α-hetero) is 1. The van der Waals surface area contributed by atoms with Crippen LogP contribution in [-0.4, -0.2) is 12.4 Å². The van der Waals surface area contributed by atoms with Crippen LogP contribution in [0.3, 0.4) is 0 Å². The Bertz CT molecular complexity index is 543. The number of ether oxygens (including phenoxy) is 1. The summed E-state index contributed by atoms with van der Waals surface area (Å²) in [6.45, 7) is 0.757. The second kappa shape index (κ2) is 3.17. The summed E-state index contributed by atoms with van der Waals surface area (Å²) in [6, 6.07) is 12.0. The summed E-state index contributed by atoms with van der Waals surface area (Å²) in [5.41, 5.74) is 1.85. The van der Waals surface area contributed by atoms with Gasteiger partial charge >= 0.3 is 0 Å². The number of hydrogen-bond donors (Lipinski definition) is 0. The van der Waals surface area contributed by atoms with E-state index in [0.717, 1.165) is 21.9 Å². The third kappa shape index (κ3) is 1.26. The van der Waals surface area contributed by atoms with Gasteiger partial charge in [-0.2, -0.15) is 0 Å². The van der Waals surface area contributed by atoms with Crippen LogP contribution in [0.15, 0.2) is 36.4 Å². The van der Waals surface area contributed by atoms with E-state index in [-0.39, 0.29) is 12.4 Å². The predicted octanol–water partition coefficient (Wildman–Crippen LogP) is 2.55. The molecule has 0 N–H and O–H groups in total. The smallest absolute Gasteiger partial charge is 0.189 e. The molecule has 2 heteroatoms. The van der Waals surface area contributed by atoms with Gasteiger partial charge in [0.1, 0.15) is 6.61 Å². The molecule has 74 valence electrons. The Labute approximate surface area is 87.5 Å². The standard InChI is InChI=1S/C13H10O2/c14-12-8-15-7-10-6-5-9-3-1-2-4-11(9)13(10)12/h1-6H,7-8H2. The molecule has 0 saturated heterocycles. The highest BCUT2D eigenvalue weighted by Gasteiger charge is 2.19. The third-order valence-electron chi connectivity index (χ3n) is 2.78. The minimum atomic E-state index is 0.0908. The Morgan fingerprint density at radius 2 is 1.87 bits per heavy atom. The first kappa shape index (κ1) is 8.62. The van der Waals surface area contributed by atoms with Gasteiger partial charge in [0.2, 0.25) is 0 Å². The van der Waals surface area contributed by atoms with Gasteiger partial charge in [0, 0.05) is 5.56 Å². The summed E-state index contributed by atoms with van der Waals surface area (Å²) >= 11 is 0. The second-order valence-corrected chi connectivity index (χ2v) is 3.74. The lowest BCUT2D eigenvalue weighted by molar-refractivity contribution is 0.0668. The highest BCUT2D eigenvalue weighted by Crippen LogP contribution is 2.26. The van der Waals surface area contributed by atoms with Gasteiger partial charge < -0.3 is 4.74 Å². The van der Waals surface area contributed by atoms with Gasteiger partial charge in [-0.1, -0.05) is 36.4 Å². The van der Waals surface area contributed by atoms with Crippen LogP contribution < -0.4 is 0 Å². The zero-order valence-electron chi connectivity index (χ0n) is 8.19. The van der Waals surface area contributed by atoms with Crippen LogP contribution in [0.1, 0.15) is 15.9 Å². The van der Waals surface area contributed by atoms with Crippen molar-refractivity contribution in [2.75, 3.05) is 6.61 Å². The van der Waals surface area contributed by atoms with E-state index in [9.17, 15) is 4.79 Å². The number of fused-ring (bicyclic) bond motifs is 3. The van der Waals surface area contributed by atoms with Crippen LogP contribution in [0.25, 0.3) is 10.8 Å². The van der Waals surface area contributed by atoms with Gasteiger partial charge in [0.15, 0.2) is 5.78 Å². The Hall–Kier alpha value is -1.67. The molecule has 1 heterocycles. The first-order chi connectivity index (χ1) is 7.36. The molecule has 3 rings (SSSR count). The fraction of sp³-hybridized carbons (Fsp3) is 0.154. The summed E-state index contributed by atoms with van der Waals surface area (Å²) in [5, 5.41) is 2.16. The van der Waals surface area contributed by atoms with Crippen molar-refractivity contribution < 1.29 is 9.53 Å². The van der Waals surface area contributed by atoms with Gasteiger partial charge in [-0.05, 0) is 16.3 Å². The summed E-state index contributed by atoms with van der Waals surface area (Å²) in [6.07, 6.45) is 0. The van der Waals surface area contributed by atoms with Crippen molar-refractivity contribution in [3.63, 3.8) is 0 Å². The van der Waals surface area contributed by atoms with Crippen molar-refractivity contribution in [2.45, 2.75) is 6.61 Å². The van der Waals surface area contributed by atoms with Crippen molar-refractivity contribution in [3.05, 3.63) is 47.5 Å². The van der Waals surface area contributed by atoms with Crippen LogP contribution in [-0.2, 0) is 11.3 Å². The van der Waals surface area contributed by atoms with Crippen molar-refractivity contribution in [2.24, 2.45) is 0 Å². The van der Waals surface area contributed by atoms with E-state index in [1.165, 1.54) is 0 Å². The SMILES string of the molecule is O=C1COCc2ccc3ccccc3c21. The highest BCUT2D eigenvalue weighted by molar-refractivity contribution is 6.10. The normalized spacial score (nSPS) is 15.3. The molecule has 0 aliphatic carbocycles. The molecule has 15 heavy (non-hydrogen) atoms. The number of rotatable bonds is 0. The molecule has 0 bridgehead atoms. The highest BCUT2D eigenvalue weighted by atomic mass is 16.5. The minimum absolute atomic E-state index is 0.0908. The van der Waals surface area contributed by atoms with Gasteiger partial charge in [0.25, 0.3) is 0 Å². The number of carbonyl (C=O) groups excluding carboxylic acids is 1. The van der Waals surface area contributed by atoms with E-state index in [0.29, 0.717) is 6.61 Å². The van der Waals surface area contributed by atoms with Crippen LogP contribution >= 0.6 is 0 Å². The fourth-order valence-corrected chi connectivity index (χ4v) is 2.09. The monoisotopic (exact) mass is 198 g/mol. The largest absolute Gasteiger partial charge is 0.369 e. The van der Waals surface area contributed by atoms with E-state index >= 15 is 0 Å². The van der Waals surface area contributed by atoms with E-state index < -0.39 is 0 Å². The Balaban J connectivity index is 2.40. The average Bonchev–Trinajstić information content (AvgIpc) is 2.29. The van der Waals surface area contributed by atoms with Crippen LogP contribution in [0.5, 0.6) is 0 Å². The van der Waals surface area contributed by atoms with Crippen molar-refractivity contribution in [3.8, 4) is 0 Å². The third-order valence-corrected chi connectivity index (χ3v) is 2.78. The molecule has 0 amide bonds. The van der Waals surface area contributed by atoms with Crippen molar-refractivity contribution >= 4 is 16.6 Å². The lowest BCUT2D eigenvalue weighted by Gasteiger charge is -2.17. The summed E-state index contributed by atoms with van der Waals surface area (Å²) in [5.74, 6) is 0.0908. The molecule has 0 radical (unpaired) electrons. The maximum Gasteiger partial charge on any atom is 0.189 e. The zero-order chi connectivity index (χ0) is 10.3. The molecule has 2 aromatic rings. The van der Waals surface area contributed by atoms with Crippen LogP contribution in [0.2, 0.25) is 0 Å². The molecule has 2 nitrogen and oxygen atoms in total. The lowest BCUT2D eigenvalue weighted by Crippen LogP contribution is -2.18. The van der Waals surface area contributed by atoms with E-state index in [1.807, 2.05) is 36.4 Å². The van der Waals surface area contributed by atoms with Gasteiger partial charge in [-0.25, -0.2) is 0 Å². The number of carbonyl (C=O) groups is 1. The summed E-state index contributed by atoms with van der Waals surface area (Å²) < 4.78 is 5.21. The topological polar surface area (TPSA) is 26.3 Å². The quantitative estimate of drug-likeness (QED) is 0.650. The van der Waals surface area contributed by atoms with Gasteiger partial charge in [-0.15, -0.1) is 0 Å². The first-order valence-electron chi connectivity index (χ1n) is 4.98. The summed E-state index contributed by atoms with van der Waals surface area (Å²) in [4.78, 5) is 11.8. The Morgan fingerprint density at radius 3 is 2.80 bits per heavy atom. The second-order valence-electron chi connectivity index (χ2n) is 3.74. The van der Waals surface area contributed by atoms with Crippen molar-refractivity contribution in [1.82, 2.24) is 0 Å². The number of hydrogen-bond acceptors (Lipinski definition) is 2. The summed E-state index contributed by atoms with van der Waals surface area (Å²) in [7, 11) is 0. The number of benzene rings is 2. The lowest BCUT2D eigenvalue weighted by atomic mass is 9.95. The fourth-order valence-electron chi connectivity index (χ4n) is 2.09. The average molecular weight is 198 g/mol. The van der Waals surface area contributed by atoms with Crippen molar-refractivity contribution in [1.29, 1.82) is 0 Å². The van der Waals surface area contributed by atoms with E-state index in [4.69, 9.17) is 4.74 Å². The maximum atomic E-state index is 11.8.